The minimum Gasteiger partial charge on any atom is -0.489 e. The van der Waals surface area contributed by atoms with Crippen LogP contribution in [0.2, 0.25) is 0 Å². The first-order valence-electron chi connectivity index (χ1n) is 15.6. The fraction of sp³-hybridized carbons (Fsp3) is 0.636. The zero-order chi connectivity index (χ0) is 36.7. The lowest BCUT2D eigenvalue weighted by atomic mass is 10.2. The molecule has 1 atom stereocenters. The Kier molecular flexibility index (Phi) is 13.0. The number of carbonyl (C=O) groups is 4. The third-order valence-electron chi connectivity index (χ3n) is 5.51. The number of rotatable bonds is 10. The highest BCUT2D eigenvalue weighted by atomic mass is 16.6. The minimum absolute atomic E-state index is 0.0483. The van der Waals surface area contributed by atoms with Gasteiger partial charge >= 0.3 is 24.2 Å². The standard InChI is InChI=1S/C33H51N5O10/c1-30(2,3)45-25(40)23(39)21-44-22-14-15-24(35-20-22)38(29(43)48-33(10,11)12)26-34-16-19-36(26)17-13-18-37(27(41)46-31(4,5)6)28(42)47-32(7,8)9/h14-16,19-20,23,39H,13,17-18,21H2,1-12H3. The van der Waals surface area contributed by atoms with Gasteiger partial charge in [-0.3, -0.25) is 0 Å². The average molecular weight is 678 g/mol. The van der Waals surface area contributed by atoms with Gasteiger partial charge in [-0.25, -0.2) is 34.0 Å². The summed E-state index contributed by atoms with van der Waals surface area (Å²) in [6.45, 7) is 20.2. The van der Waals surface area contributed by atoms with Crippen molar-refractivity contribution >= 4 is 36.0 Å². The topological polar surface area (TPSA) is 172 Å². The van der Waals surface area contributed by atoms with Crippen molar-refractivity contribution in [2.24, 2.45) is 0 Å². The highest BCUT2D eigenvalue weighted by molar-refractivity contribution is 5.93. The molecule has 2 heterocycles. The summed E-state index contributed by atoms with van der Waals surface area (Å²) in [7, 11) is 0. The molecule has 1 N–H and O–H groups in total. The maximum Gasteiger partial charge on any atom is 0.423 e. The molecular formula is C33H51N5O10. The van der Waals surface area contributed by atoms with Crippen LogP contribution in [0, 0.1) is 0 Å². The van der Waals surface area contributed by atoms with Crippen LogP contribution in [0.5, 0.6) is 5.75 Å². The zero-order valence-electron chi connectivity index (χ0n) is 30.2. The van der Waals surface area contributed by atoms with Crippen LogP contribution in [-0.2, 0) is 30.3 Å². The maximum atomic E-state index is 13.5. The first-order valence-corrected chi connectivity index (χ1v) is 15.6. The highest BCUT2D eigenvalue weighted by Crippen LogP contribution is 2.27. The molecule has 0 fully saturated rings. The molecule has 0 aliphatic carbocycles. The summed E-state index contributed by atoms with van der Waals surface area (Å²) < 4.78 is 28.8. The lowest BCUT2D eigenvalue weighted by molar-refractivity contribution is -0.166. The second-order valence-electron chi connectivity index (χ2n) is 14.9. The molecule has 48 heavy (non-hydrogen) atoms. The van der Waals surface area contributed by atoms with Crippen LogP contribution in [0.15, 0.2) is 30.7 Å². The number of hydrogen-bond donors (Lipinski definition) is 1. The van der Waals surface area contributed by atoms with Gasteiger partial charge in [0.2, 0.25) is 5.95 Å². The van der Waals surface area contributed by atoms with Crippen molar-refractivity contribution in [2.75, 3.05) is 18.1 Å². The van der Waals surface area contributed by atoms with Crippen LogP contribution in [0.3, 0.4) is 0 Å². The predicted octanol–water partition coefficient (Wildman–Crippen LogP) is 6.00. The van der Waals surface area contributed by atoms with Crippen molar-refractivity contribution in [3.63, 3.8) is 0 Å². The molecule has 0 aromatic carbocycles. The Balaban J connectivity index is 2.29. The summed E-state index contributed by atoms with van der Waals surface area (Å²) in [5, 5.41) is 10.1. The number of aliphatic hydroxyl groups excluding tert-OH is 1. The molecular weight excluding hydrogens is 626 g/mol. The van der Waals surface area contributed by atoms with Gasteiger partial charge in [-0.1, -0.05) is 0 Å². The van der Waals surface area contributed by atoms with Gasteiger partial charge in [0.25, 0.3) is 0 Å². The maximum absolute atomic E-state index is 13.5. The number of imide groups is 1. The van der Waals surface area contributed by atoms with Gasteiger partial charge in [0.05, 0.1) is 6.20 Å². The van der Waals surface area contributed by atoms with Crippen LogP contribution < -0.4 is 9.64 Å². The molecule has 0 saturated carbocycles. The summed E-state index contributed by atoms with van der Waals surface area (Å²) in [6.07, 6.45) is 0.726. The molecule has 15 heteroatoms. The van der Waals surface area contributed by atoms with E-state index >= 15 is 0 Å². The van der Waals surface area contributed by atoms with Crippen molar-refractivity contribution in [1.29, 1.82) is 0 Å². The smallest absolute Gasteiger partial charge is 0.423 e. The Labute approximate surface area is 282 Å². The quantitative estimate of drug-likeness (QED) is 0.230. The number of aryl methyl sites for hydroxylation is 1. The van der Waals surface area contributed by atoms with Crippen LogP contribution in [0.4, 0.5) is 26.1 Å². The molecule has 0 bridgehead atoms. The van der Waals surface area contributed by atoms with E-state index < -0.39 is 52.8 Å². The zero-order valence-corrected chi connectivity index (χ0v) is 30.2. The van der Waals surface area contributed by atoms with Crippen molar-refractivity contribution in [2.45, 2.75) is 125 Å². The number of imidazole rings is 1. The summed E-state index contributed by atoms with van der Waals surface area (Å²) in [6, 6.07) is 3.00. The van der Waals surface area contributed by atoms with E-state index in [4.69, 9.17) is 23.7 Å². The molecule has 0 aliphatic rings. The van der Waals surface area contributed by atoms with Crippen LogP contribution in [-0.4, -0.2) is 90.5 Å². The lowest BCUT2D eigenvalue weighted by Crippen LogP contribution is -2.44. The second kappa shape index (κ2) is 15.7. The predicted molar refractivity (Wildman–Crippen MR) is 176 cm³/mol. The van der Waals surface area contributed by atoms with Gasteiger partial charge in [0.1, 0.15) is 40.6 Å². The van der Waals surface area contributed by atoms with E-state index in [9.17, 15) is 24.3 Å². The molecule has 0 aliphatic heterocycles. The van der Waals surface area contributed by atoms with Crippen molar-refractivity contribution in [1.82, 2.24) is 19.4 Å². The third-order valence-corrected chi connectivity index (χ3v) is 5.51. The number of amides is 3. The number of aliphatic hydroxyl groups is 1. The molecule has 3 amide bonds. The first kappa shape index (κ1) is 39.8. The van der Waals surface area contributed by atoms with E-state index in [1.54, 1.807) is 93.8 Å². The Morgan fingerprint density at radius 1 is 0.771 bits per heavy atom. The number of hydrogen-bond acceptors (Lipinski definition) is 12. The highest BCUT2D eigenvalue weighted by Gasteiger charge is 2.32. The van der Waals surface area contributed by atoms with E-state index in [1.165, 1.54) is 29.4 Å². The van der Waals surface area contributed by atoms with Gasteiger partial charge < -0.3 is 33.4 Å². The van der Waals surface area contributed by atoms with Gasteiger partial charge in [-0.15, -0.1) is 0 Å². The number of anilines is 2. The molecule has 1 unspecified atom stereocenters. The number of ether oxygens (including phenoxy) is 5. The lowest BCUT2D eigenvalue weighted by Gasteiger charge is -2.29. The first-order chi connectivity index (χ1) is 21.8. The van der Waals surface area contributed by atoms with Crippen molar-refractivity contribution in [3.8, 4) is 5.75 Å². The molecule has 0 saturated heterocycles. The van der Waals surface area contributed by atoms with Gasteiger partial charge in [0.15, 0.2) is 6.10 Å². The van der Waals surface area contributed by atoms with Gasteiger partial charge in [-0.05, 0) is 102 Å². The molecule has 0 spiro atoms. The number of aromatic nitrogens is 3. The fourth-order valence-electron chi connectivity index (χ4n) is 3.76. The van der Waals surface area contributed by atoms with Crippen molar-refractivity contribution in [3.05, 3.63) is 30.7 Å². The van der Waals surface area contributed by atoms with Gasteiger partial charge in [-0.2, -0.15) is 4.90 Å². The van der Waals surface area contributed by atoms with Crippen LogP contribution >= 0.6 is 0 Å². The summed E-state index contributed by atoms with van der Waals surface area (Å²) >= 11 is 0. The second-order valence-corrected chi connectivity index (χ2v) is 14.9. The Bertz CT molecular complexity index is 1370. The Morgan fingerprint density at radius 3 is 1.77 bits per heavy atom. The fourth-order valence-corrected chi connectivity index (χ4v) is 3.76. The largest absolute Gasteiger partial charge is 0.489 e. The average Bonchev–Trinajstić information content (AvgIpc) is 3.34. The van der Waals surface area contributed by atoms with Gasteiger partial charge in [0, 0.05) is 25.5 Å². The Hall–Kier alpha value is -4.40. The summed E-state index contributed by atoms with van der Waals surface area (Å²) in [5.41, 5.74) is -3.30. The molecule has 15 nitrogen and oxygen atoms in total. The van der Waals surface area contributed by atoms with Crippen molar-refractivity contribution < 1.29 is 48.0 Å². The number of carbonyl (C=O) groups excluding carboxylic acids is 4. The normalized spacial score (nSPS) is 12.9. The number of nitrogens with zero attached hydrogens (tertiary/aromatic N) is 5. The molecule has 2 rings (SSSR count). The Morgan fingerprint density at radius 2 is 1.29 bits per heavy atom. The molecule has 2 aromatic rings. The van der Waals surface area contributed by atoms with E-state index in [-0.39, 0.29) is 43.6 Å². The molecule has 268 valence electrons. The minimum atomic E-state index is -1.52. The molecule has 0 radical (unpaired) electrons. The SMILES string of the molecule is CC(C)(C)OC(=O)C(O)COc1ccc(N(C(=O)OC(C)(C)C)c2nccn2CCCN(C(=O)OC(C)(C)C)C(=O)OC(C)(C)C)nc1. The van der Waals surface area contributed by atoms with E-state index in [1.807, 2.05) is 0 Å². The number of esters is 1. The third kappa shape index (κ3) is 13.8. The monoisotopic (exact) mass is 677 g/mol. The summed E-state index contributed by atoms with van der Waals surface area (Å²) in [4.78, 5) is 62.2. The van der Waals surface area contributed by atoms with Crippen LogP contribution in [0.1, 0.15) is 89.5 Å². The van der Waals surface area contributed by atoms with E-state index in [0.29, 0.717) is 0 Å². The number of pyridine rings is 1. The van der Waals surface area contributed by atoms with E-state index in [2.05, 4.69) is 9.97 Å². The van der Waals surface area contributed by atoms with Crippen LogP contribution in [0.25, 0.3) is 0 Å². The molecule has 2 aromatic heterocycles. The van der Waals surface area contributed by atoms with E-state index in [0.717, 1.165) is 4.90 Å². The summed E-state index contributed by atoms with van der Waals surface area (Å²) in [5.74, 6) is -0.304.